The molecule has 0 saturated heterocycles. The highest BCUT2D eigenvalue weighted by Crippen LogP contribution is 2.17. The van der Waals surface area contributed by atoms with Crippen LogP contribution in [0.3, 0.4) is 0 Å². The van der Waals surface area contributed by atoms with E-state index in [1.165, 1.54) is 186 Å². The van der Waals surface area contributed by atoms with E-state index in [9.17, 15) is 14.4 Å². The minimum atomic E-state index is -0.782. The van der Waals surface area contributed by atoms with E-state index in [1.807, 2.05) is 0 Å². The molecule has 0 aromatic rings. The maximum absolute atomic E-state index is 12.9. The third-order valence-electron chi connectivity index (χ3n) is 15.1. The molecule has 1 unspecified atom stereocenters. The fraction of sp³-hybridized carbons (Fsp3) is 0.747. The Morgan fingerprint density at radius 1 is 0.259 bits per heavy atom. The number of hydrogen-bond donors (Lipinski definition) is 0. The Bertz CT molecular complexity index is 1580. The van der Waals surface area contributed by atoms with Crippen LogP contribution in [0.4, 0.5) is 0 Å². The Labute approximate surface area is 502 Å². The quantitative estimate of drug-likeness (QED) is 0.0261. The predicted molar refractivity (Wildman–Crippen MR) is 353 cm³/mol. The summed E-state index contributed by atoms with van der Waals surface area (Å²) in [6.07, 6.45) is 92.9. The van der Waals surface area contributed by atoms with Crippen molar-refractivity contribution in [2.45, 2.75) is 348 Å². The van der Waals surface area contributed by atoms with Gasteiger partial charge in [0, 0.05) is 19.3 Å². The second kappa shape index (κ2) is 68.8. The van der Waals surface area contributed by atoms with Crippen LogP contribution < -0.4 is 0 Å². The molecule has 0 heterocycles. The van der Waals surface area contributed by atoms with Crippen molar-refractivity contribution in [3.8, 4) is 0 Å². The normalized spacial score (nSPS) is 12.7. The number of esters is 3. The molecule has 0 aromatic heterocycles. The maximum atomic E-state index is 12.9. The molecular formula is C75H130O6. The number of rotatable bonds is 63. The molecule has 6 heteroatoms. The van der Waals surface area contributed by atoms with Crippen molar-refractivity contribution < 1.29 is 28.6 Å². The zero-order chi connectivity index (χ0) is 58.5. The first-order valence-electron chi connectivity index (χ1n) is 34.7. The summed E-state index contributed by atoms with van der Waals surface area (Å²) in [6.45, 7) is 6.45. The van der Waals surface area contributed by atoms with Crippen molar-refractivity contribution >= 4 is 17.9 Å². The Hall–Kier alpha value is -3.67. The van der Waals surface area contributed by atoms with Crippen LogP contribution in [0.1, 0.15) is 342 Å². The van der Waals surface area contributed by atoms with Crippen molar-refractivity contribution in [3.63, 3.8) is 0 Å². The highest BCUT2D eigenvalue weighted by atomic mass is 16.6. The number of hydrogen-bond acceptors (Lipinski definition) is 6. The number of allylic oxidation sites excluding steroid dienone is 16. The van der Waals surface area contributed by atoms with Gasteiger partial charge in [0.2, 0.25) is 0 Å². The molecule has 0 radical (unpaired) electrons. The molecule has 6 nitrogen and oxygen atoms in total. The van der Waals surface area contributed by atoms with E-state index in [1.54, 1.807) is 0 Å². The summed E-state index contributed by atoms with van der Waals surface area (Å²) in [5, 5.41) is 0. The SMILES string of the molecule is CC/C=C\C/C=C\C/C=C\C/C=C\C/C=C\CCCCCCCCCCCCCCCCCC(=O)OCC(COC(=O)CCCCCCCCCCCCCCCCC)OC(=O)CCCCCCCCC/C=C\C/C=C\C/C=C\CC. The lowest BCUT2D eigenvalue weighted by Gasteiger charge is -2.18. The molecule has 0 bridgehead atoms. The van der Waals surface area contributed by atoms with Gasteiger partial charge in [-0.3, -0.25) is 14.4 Å². The van der Waals surface area contributed by atoms with E-state index in [-0.39, 0.29) is 31.1 Å². The summed E-state index contributed by atoms with van der Waals surface area (Å²) in [4.78, 5) is 38.4. The first kappa shape index (κ1) is 77.3. The molecule has 0 saturated carbocycles. The standard InChI is InChI=1S/C75H130O6/c1-4-7-10-13-16-19-22-25-28-30-31-32-33-34-35-36-37-38-39-40-41-42-43-45-47-50-53-56-59-62-65-68-74(77)80-71-72(70-79-73(76)67-64-61-58-55-52-49-46-27-24-21-18-15-12-9-6-3)81-75(78)69-66-63-60-57-54-51-48-44-29-26-23-20-17-14-11-8-5-2/h7-8,10-11,16-17,19-20,25-26,28-29,31-32,34-35,72H,4-6,9,12-15,18,21-24,27,30,33,36-71H2,1-3H3/b10-7-,11-8-,19-16-,20-17-,28-25-,29-26-,32-31-,35-34-. The summed E-state index contributed by atoms with van der Waals surface area (Å²) >= 11 is 0. The first-order chi connectivity index (χ1) is 40.0. The van der Waals surface area contributed by atoms with Crippen LogP contribution in [-0.2, 0) is 28.6 Å². The minimum Gasteiger partial charge on any atom is -0.462 e. The fourth-order valence-electron chi connectivity index (χ4n) is 9.96. The second-order valence-electron chi connectivity index (χ2n) is 23.0. The molecule has 0 spiro atoms. The van der Waals surface area contributed by atoms with Gasteiger partial charge in [-0.2, -0.15) is 0 Å². The molecule has 0 rings (SSSR count). The Morgan fingerprint density at radius 2 is 0.481 bits per heavy atom. The van der Waals surface area contributed by atoms with Crippen LogP contribution in [0.5, 0.6) is 0 Å². The van der Waals surface area contributed by atoms with Gasteiger partial charge in [-0.1, -0.05) is 323 Å². The third-order valence-corrected chi connectivity index (χ3v) is 15.1. The Balaban J connectivity index is 4.23. The monoisotopic (exact) mass is 1130 g/mol. The largest absolute Gasteiger partial charge is 0.462 e. The van der Waals surface area contributed by atoms with E-state index >= 15 is 0 Å². The van der Waals surface area contributed by atoms with Gasteiger partial charge < -0.3 is 14.2 Å². The Kier molecular flexibility index (Phi) is 65.7. The highest BCUT2D eigenvalue weighted by Gasteiger charge is 2.19. The van der Waals surface area contributed by atoms with Crippen molar-refractivity contribution in [1.29, 1.82) is 0 Å². The minimum absolute atomic E-state index is 0.0768. The smallest absolute Gasteiger partial charge is 0.306 e. The van der Waals surface area contributed by atoms with E-state index in [4.69, 9.17) is 14.2 Å². The topological polar surface area (TPSA) is 78.9 Å². The zero-order valence-electron chi connectivity index (χ0n) is 53.5. The molecule has 0 amide bonds. The molecular weight excluding hydrogens is 997 g/mol. The third kappa shape index (κ3) is 67.0. The maximum Gasteiger partial charge on any atom is 0.306 e. The molecule has 0 aromatic carbocycles. The van der Waals surface area contributed by atoms with E-state index in [2.05, 4.69) is 118 Å². The highest BCUT2D eigenvalue weighted by molar-refractivity contribution is 5.71. The van der Waals surface area contributed by atoms with Crippen LogP contribution in [0, 0.1) is 0 Å². The second-order valence-corrected chi connectivity index (χ2v) is 23.0. The van der Waals surface area contributed by atoms with Crippen LogP contribution in [-0.4, -0.2) is 37.2 Å². The molecule has 0 aliphatic rings. The lowest BCUT2D eigenvalue weighted by molar-refractivity contribution is -0.167. The van der Waals surface area contributed by atoms with E-state index in [0.29, 0.717) is 19.3 Å². The van der Waals surface area contributed by atoms with Crippen LogP contribution >= 0.6 is 0 Å². The lowest BCUT2D eigenvalue weighted by atomic mass is 10.0. The van der Waals surface area contributed by atoms with Crippen molar-refractivity contribution in [2.24, 2.45) is 0 Å². The van der Waals surface area contributed by atoms with Gasteiger partial charge in [-0.25, -0.2) is 0 Å². The molecule has 0 N–H and O–H groups in total. The molecule has 0 aliphatic heterocycles. The molecule has 466 valence electrons. The predicted octanol–water partition coefficient (Wildman–Crippen LogP) is 24.0. The zero-order valence-corrected chi connectivity index (χ0v) is 53.5. The summed E-state index contributed by atoms with van der Waals surface area (Å²) in [7, 11) is 0. The average molecular weight is 1130 g/mol. The Morgan fingerprint density at radius 3 is 0.753 bits per heavy atom. The molecule has 1 atom stereocenters. The van der Waals surface area contributed by atoms with Crippen molar-refractivity contribution in [2.75, 3.05) is 13.2 Å². The fourth-order valence-corrected chi connectivity index (χ4v) is 9.96. The van der Waals surface area contributed by atoms with Gasteiger partial charge in [-0.15, -0.1) is 0 Å². The average Bonchev–Trinajstić information content (AvgIpc) is 3.47. The van der Waals surface area contributed by atoms with Crippen LogP contribution in [0.15, 0.2) is 97.2 Å². The number of carbonyl (C=O) groups excluding carboxylic acids is 3. The number of unbranched alkanes of at least 4 members (excludes halogenated alkanes) is 36. The lowest BCUT2D eigenvalue weighted by Crippen LogP contribution is -2.30. The van der Waals surface area contributed by atoms with Gasteiger partial charge in [0.25, 0.3) is 0 Å². The first-order valence-corrected chi connectivity index (χ1v) is 34.7. The summed E-state index contributed by atoms with van der Waals surface area (Å²) < 4.78 is 17.0. The van der Waals surface area contributed by atoms with Crippen molar-refractivity contribution in [1.82, 2.24) is 0 Å². The van der Waals surface area contributed by atoms with Crippen molar-refractivity contribution in [3.05, 3.63) is 97.2 Å². The molecule has 81 heavy (non-hydrogen) atoms. The summed E-state index contributed by atoms with van der Waals surface area (Å²) in [6, 6.07) is 0. The van der Waals surface area contributed by atoms with Gasteiger partial charge in [0.1, 0.15) is 13.2 Å². The van der Waals surface area contributed by atoms with Gasteiger partial charge in [0.15, 0.2) is 6.10 Å². The summed E-state index contributed by atoms with van der Waals surface area (Å²) in [5.41, 5.74) is 0. The van der Waals surface area contributed by atoms with E-state index in [0.717, 1.165) is 116 Å². The number of carbonyl (C=O) groups is 3. The molecule has 0 aliphatic carbocycles. The van der Waals surface area contributed by atoms with Crippen LogP contribution in [0.2, 0.25) is 0 Å². The van der Waals surface area contributed by atoms with Gasteiger partial charge in [-0.05, 0) is 96.3 Å². The van der Waals surface area contributed by atoms with Gasteiger partial charge >= 0.3 is 17.9 Å². The number of ether oxygens (including phenoxy) is 3. The molecule has 0 fully saturated rings. The van der Waals surface area contributed by atoms with E-state index < -0.39 is 6.10 Å². The van der Waals surface area contributed by atoms with Gasteiger partial charge in [0.05, 0.1) is 0 Å². The summed E-state index contributed by atoms with van der Waals surface area (Å²) in [5.74, 6) is -0.869. The van der Waals surface area contributed by atoms with Crippen LogP contribution in [0.25, 0.3) is 0 Å².